The molecule has 0 bridgehead atoms. The highest BCUT2D eigenvalue weighted by Gasteiger charge is 2.03. The molecular formula is C14H11IN2O2. The molecule has 0 fully saturated rings. The van der Waals surface area contributed by atoms with Crippen LogP contribution in [0.5, 0.6) is 5.75 Å². The molecule has 2 aromatic carbocycles. The van der Waals surface area contributed by atoms with Crippen LogP contribution in [-0.2, 0) is 0 Å². The maximum atomic E-state index is 11.8. The molecule has 0 saturated carbocycles. The number of hydrazone groups is 1. The number of carbonyl (C=O) groups excluding carboxylic acids is 1. The third kappa shape index (κ3) is 4.06. The molecule has 96 valence electrons. The number of phenols is 1. The summed E-state index contributed by atoms with van der Waals surface area (Å²) in [7, 11) is 0. The number of benzene rings is 2. The lowest BCUT2D eigenvalue weighted by Crippen LogP contribution is -2.17. The van der Waals surface area contributed by atoms with Crippen LogP contribution in [0.3, 0.4) is 0 Å². The van der Waals surface area contributed by atoms with E-state index in [1.54, 1.807) is 36.4 Å². The third-order valence-corrected chi connectivity index (χ3v) is 3.01. The molecule has 0 aliphatic carbocycles. The molecule has 19 heavy (non-hydrogen) atoms. The van der Waals surface area contributed by atoms with Crippen molar-refractivity contribution in [2.45, 2.75) is 0 Å². The lowest BCUT2D eigenvalue weighted by atomic mass is 10.2. The first-order chi connectivity index (χ1) is 9.15. The topological polar surface area (TPSA) is 61.7 Å². The number of nitrogens with one attached hydrogen (secondary N) is 1. The van der Waals surface area contributed by atoms with Gasteiger partial charge in [-0.05, 0) is 58.5 Å². The molecule has 0 heterocycles. The molecule has 5 heteroatoms. The van der Waals surface area contributed by atoms with Crippen molar-refractivity contribution in [3.8, 4) is 5.75 Å². The Labute approximate surface area is 124 Å². The zero-order valence-corrected chi connectivity index (χ0v) is 12.0. The Hall–Kier alpha value is -1.89. The highest BCUT2D eigenvalue weighted by atomic mass is 127. The number of aromatic hydroxyl groups is 1. The first-order valence-corrected chi connectivity index (χ1v) is 6.61. The largest absolute Gasteiger partial charge is 0.508 e. The van der Waals surface area contributed by atoms with Gasteiger partial charge in [-0.15, -0.1) is 0 Å². The number of halogens is 1. The average molecular weight is 366 g/mol. The molecule has 0 saturated heterocycles. The Balaban J connectivity index is 2.01. The fourth-order valence-electron chi connectivity index (χ4n) is 1.46. The number of hydrogen-bond acceptors (Lipinski definition) is 3. The lowest BCUT2D eigenvalue weighted by Gasteiger charge is -2.00. The van der Waals surface area contributed by atoms with E-state index in [9.17, 15) is 9.90 Å². The van der Waals surface area contributed by atoms with E-state index < -0.39 is 0 Å². The van der Waals surface area contributed by atoms with Gasteiger partial charge in [0.05, 0.1) is 6.21 Å². The van der Waals surface area contributed by atoms with Crippen molar-refractivity contribution in [2.75, 3.05) is 0 Å². The van der Waals surface area contributed by atoms with Crippen molar-refractivity contribution in [3.63, 3.8) is 0 Å². The van der Waals surface area contributed by atoms with Crippen LogP contribution >= 0.6 is 22.6 Å². The predicted molar refractivity (Wildman–Crippen MR) is 82.3 cm³/mol. The Morgan fingerprint density at radius 1 is 1.21 bits per heavy atom. The fourth-order valence-corrected chi connectivity index (χ4v) is 2.01. The monoisotopic (exact) mass is 366 g/mol. The summed E-state index contributed by atoms with van der Waals surface area (Å²) in [5.41, 5.74) is 3.71. The summed E-state index contributed by atoms with van der Waals surface area (Å²) in [6.45, 7) is 0. The van der Waals surface area contributed by atoms with Gasteiger partial charge in [0, 0.05) is 9.13 Å². The Kier molecular flexibility index (Phi) is 4.51. The highest BCUT2D eigenvalue weighted by Crippen LogP contribution is 2.09. The summed E-state index contributed by atoms with van der Waals surface area (Å²) >= 11 is 2.14. The van der Waals surface area contributed by atoms with Crippen molar-refractivity contribution in [1.82, 2.24) is 5.43 Å². The molecule has 0 aliphatic rings. The SMILES string of the molecule is O=C(N/N=C\c1cccc(O)c1)c1cccc(I)c1. The van der Waals surface area contributed by atoms with E-state index in [1.807, 2.05) is 12.1 Å². The standard InChI is InChI=1S/C14H11IN2O2/c15-12-5-2-4-11(8-12)14(19)17-16-9-10-3-1-6-13(18)7-10/h1-9,18H,(H,17,19)/b16-9-. The van der Waals surface area contributed by atoms with Crippen LogP contribution < -0.4 is 5.43 Å². The van der Waals surface area contributed by atoms with Crippen molar-refractivity contribution in [1.29, 1.82) is 0 Å². The van der Waals surface area contributed by atoms with Gasteiger partial charge in [-0.3, -0.25) is 4.79 Å². The van der Waals surface area contributed by atoms with E-state index in [-0.39, 0.29) is 11.7 Å². The minimum atomic E-state index is -0.269. The third-order valence-electron chi connectivity index (χ3n) is 2.34. The number of carbonyl (C=O) groups is 1. The van der Waals surface area contributed by atoms with Crippen molar-refractivity contribution < 1.29 is 9.90 Å². The molecule has 0 atom stereocenters. The summed E-state index contributed by atoms with van der Waals surface area (Å²) in [5, 5.41) is 13.1. The van der Waals surface area contributed by atoms with Crippen LogP contribution in [-0.4, -0.2) is 17.2 Å². The van der Waals surface area contributed by atoms with E-state index in [4.69, 9.17) is 0 Å². The minimum absolute atomic E-state index is 0.160. The summed E-state index contributed by atoms with van der Waals surface area (Å²) in [6, 6.07) is 13.8. The molecule has 2 N–H and O–H groups in total. The predicted octanol–water partition coefficient (Wildman–Crippen LogP) is 2.76. The normalized spacial score (nSPS) is 10.6. The molecule has 0 radical (unpaired) electrons. The van der Waals surface area contributed by atoms with Crippen LogP contribution in [0.2, 0.25) is 0 Å². The number of phenolic OH excluding ortho intramolecular Hbond substituents is 1. The maximum absolute atomic E-state index is 11.8. The summed E-state index contributed by atoms with van der Waals surface area (Å²) in [5.74, 6) is -0.109. The van der Waals surface area contributed by atoms with Gasteiger partial charge in [-0.2, -0.15) is 5.10 Å². The van der Waals surface area contributed by atoms with Gasteiger partial charge in [0.25, 0.3) is 5.91 Å². The second-order valence-corrected chi connectivity index (χ2v) is 5.05. The van der Waals surface area contributed by atoms with Gasteiger partial charge in [-0.1, -0.05) is 18.2 Å². The Morgan fingerprint density at radius 3 is 2.74 bits per heavy atom. The summed E-state index contributed by atoms with van der Waals surface area (Å²) in [6.07, 6.45) is 1.48. The maximum Gasteiger partial charge on any atom is 0.271 e. The number of amides is 1. The summed E-state index contributed by atoms with van der Waals surface area (Å²) in [4.78, 5) is 11.8. The van der Waals surface area contributed by atoms with Gasteiger partial charge >= 0.3 is 0 Å². The van der Waals surface area contributed by atoms with Crippen molar-refractivity contribution in [3.05, 3.63) is 63.2 Å². The van der Waals surface area contributed by atoms with Crippen LogP contribution in [0.4, 0.5) is 0 Å². The second-order valence-electron chi connectivity index (χ2n) is 3.80. The average Bonchev–Trinajstić information content (AvgIpc) is 2.38. The van der Waals surface area contributed by atoms with Crippen molar-refractivity contribution in [2.24, 2.45) is 5.10 Å². The smallest absolute Gasteiger partial charge is 0.271 e. The number of hydrogen-bond donors (Lipinski definition) is 2. The molecule has 0 aromatic heterocycles. The first-order valence-electron chi connectivity index (χ1n) is 5.53. The molecule has 2 aromatic rings. The molecular weight excluding hydrogens is 355 g/mol. The van der Waals surface area contributed by atoms with Gasteiger partial charge in [0.15, 0.2) is 0 Å². The van der Waals surface area contributed by atoms with Gasteiger partial charge in [0.2, 0.25) is 0 Å². The molecule has 0 aliphatic heterocycles. The number of nitrogens with zero attached hydrogens (tertiary/aromatic N) is 1. The second kappa shape index (κ2) is 6.33. The van der Waals surface area contributed by atoms with Gasteiger partial charge in [0.1, 0.15) is 5.75 Å². The highest BCUT2D eigenvalue weighted by molar-refractivity contribution is 14.1. The van der Waals surface area contributed by atoms with Crippen LogP contribution in [0.15, 0.2) is 53.6 Å². The molecule has 0 unspecified atom stereocenters. The zero-order valence-electron chi connectivity index (χ0n) is 9.88. The number of rotatable bonds is 3. The quantitative estimate of drug-likeness (QED) is 0.499. The lowest BCUT2D eigenvalue weighted by molar-refractivity contribution is 0.0955. The van der Waals surface area contributed by atoms with Crippen LogP contribution in [0.1, 0.15) is 15.9 Å². The Bertz CT molecular complexity index is 626. The molecule has 0 spiro atoms. The van der Waals surface area contributed by atoms with E-state index in [0.29, 0.717) is 11.1 Å². The van der Waals surface area contributed by atoms with Crippen molar-refractivity contribution >= 4 is 34.7 Å². The van der Waals surface area contributed by atoms with E-state index in [1.165, 1.54) is 6.21 Å². The van der Waals surface area contributed by atoms with Crippen LogP contribution in [0, 0.1) is 3.57 Å². The molecule has 4 nitrogen and oxygen atoms in total. The zero-order chi connectivity index (χ0) is 13.7. The van der Waals surface area contributed by atoms with Gasteiger partial charge in [-0.25, -0.2) is 5.43 Å². The molecule has 2 rings (SSSR count). The van der Waals surface area contributed by atoms with E-state index in [0.717, 1.165) is 3.57 Å². The van der Waals surface area contributed by atoms with E-state index >= 15 is 0 Å². The fraction of sp³-hybridized carbons (Fsp3) is 0. The van der Waals surface area contributed by atoms with Crippen LogP contribution in [0.25, 0.3) is 0 Å². The minimum Gasteiger partial charge on any atom is -0.508 e. The van der Waals surface area contributed by atoms with E-state index in [2.05, 4.69) is 33.1 Å². The first kappa shape index (κ1) is 13.5. The van der Waals surface area contributed by atoms with Gasteiger partial charge < -0.3 is 5.11 Å². The Morgan fingerprint density at radius 2 is 2.00 bits per heavy atom. The molecule has 1 amide bonds. The summed E-state index contributed by atoms with van der Waals surface area (Å²) < 4.78 is 0.988.